The summed E-state index contributed by atoms with van der Waals surface area (Å²) in [5.74, 6) is 0.933. The Morgan fingerprint density at radius 2 is 1.64 bits per heavy atom. The van der Waals surface area contributed by atoms with Crippen molar-refractivity contribution in [3.8, 4) is 28.6 Å². The molecule has 0 saturated carbocycles. The van der Waals surface area contributed by atoms with Gasteiger partial charge in [0.05, 0.1) is 19.6 Å². The number of fused-ring (bicyclic) bond motifs is 1. The summed E-state index contributed by atoms with van der Waals surface area (Å²) in [5, 5.41) is 0.338. The highest BCUT2D eigenvalue weighted by molar-refractivity contribution is 5.84. The van der Waals surface area contributed by atoms with Crippen molar-refractivity contribution in [2.75, 3.05) is 14.2 Å². The van der Waals surface area contributed by atoms with Gasteiger partial charge in [-0.05, 0) is 36.4 Å². The maximum atomic E-state index is 12.7. The summed E-state index contributed by atoms with van der Waals surface area (Å²) in [6, 6.07) is 11.6. The first-order valence-electron chi connectivity index (χ1n) is 7.51. The van der Waals surface area contributed by atoms with Crippen molar-refractivity contribution in [2.45, 2.75) is 6.92 Å². The Balaban J connectivity index is 2.21. The minimum atomic E-state index is -0.453. The molecule has 1 aromatic heterocycles. The second-order valence-corrected chi connectivity index (χ2v) is 5.27. The number of hydrogen-bond acceptors (Lipinski definition) is 6. The predicted molar refractivity (Wildman–Crippen MR) is 92.3 cm³/mol. The molecule has 0 aliphatic heterocycles. The molecule has 0 unspecified atom stereocenters. The summed E-state index contributed by atoms with van der Waals surface area (Å²) in [6.45, 7) is 1.30. The first-order valence-corrected chi connectivity index (χ1v) is 7.51. The van der Waals surface area contributed by atoms with Gasteiger partial charge in [-0.2, -0.15) is 0 Å². The summed E-state index contributed by atoms with van der Waals surface area (Å²) in [7, 11) is 2.99. The van der Waals surface area contributed by atoms with Gasteiger partial charge < -0.3 is 18.6 Å². The maximum absolute atomic E-state index is 12.7. The van der Waals surface area contributed by atoms with Crippen molar-refractivity contribution >= 4 is 16.9 Å². The number of rotatable bonds is 4. The molecule has 2 aromatic carbocycles. The highest BCUT2D eigenvalue weighted by atomic mass is 16.5. The van der Waals surface area contributed by atoms with E-state index in [9.17, 15) is 9.59 Å². The Morgan fingerprint density at radius 3 is 2.24 bits per heavy atom. The number of methoxy groups -OCH3 is 2. The first kappa shape index (κ1) is 16.6. The van der Waals surface area contributed by atoms with E-state index in [4.69, 9.17) is 18.6 Å². The van der Waals surface area contributed by atoms with Crippen LogP contribution >= 0.6 is 0 Å². The van der Waals surface area contributed by atoms with Crippen LogP contribution in [0.15, 0.2) is 51.7 Å². The number of esters is 1. The first-order chi connectivity index (χ1) is 12.0. The third kappa shape index (κ3) is 3.19. The van der Waals surface area contributed by atoms with Crippen LogP contribution in [0.25, 0.3) is 22.3 Å². The Morgan fingerprint density at radius 1 is 0.960 bits per heavy atom. The van der Waals surface area contributed by atoms with E-state index in [0.29, 0.717) is 33.8 Å². The highest BCUT2D eigenvalue weighted by Gasteiger charge is 2.17. The lowest BCUT2D eigenvalue weighted by molar-refractivity contribution is -0.131. The quantitative estimate of drug-likeness (QED) is 0.535. The van der Waals surface area contributed by atoms with E-state index < -0.39 is 5.97 Å². The molecule has 1 heterocycles. The smallest absolute Gasteiger partial charge is 0.308 e. The van der Waals surface area contributed by atoms with Crippen LogP contribution in [0.5, 0.6) is 17.2 Å². The molecule has 0 amide bonds. The third-order valence-electron chi connectivity index (χ3n) is 3.64. The van der Waals surface area contributed by atoms with Crippen molar-refractivity contribution in [3.05, 3.63) is 52.7 Å². The number of hydrogen-bond donors (Lipinski definition) is 0. The zero-order valence-corrected chi connectivity index (χ0v) is 14.0. The molecule has 25 heavy (non-hydrogen) atoms. The van der Waals surface area contributed by atoms with Gasteiger partial charge in [-0.1, -0.05) is 0 Å². The molecule has 0 atom stereocenters. The van der Waals surface area contributed by atoms with E-state index in [1.807, 2.05) is 0 Å². The molecule has 0 aliphatic carbocycles. The third-order valence-corrected chi connectivity index (χ3v) is 3.64. The molecule has 128 valence electrons. The molecule has 6 nitrogen and oxygen atoms in total. The van der Waals surface area contributed by atoms with Crippen molar-refractivity contribution in [1.29, 1.82) is 0 Å². The summed E-state index contributed by atoms with van der Waals surface area (Å²) >= 11 is 0. The van der Waals surface area contributed by atoms with E-state index in [1.165, 1.54) is 26.2 Å². The van der Waals surface area contributed by atoms with Crippen LogP contribution in [-0.2, 0) is 4.79 Å². The van der Waals surface area contributed by atoms with Gasteiger partial charge in [0.15, 0.2) is 5.76 Å². The van der Waals surface area contributed by atoms with Gasteiger partial charge in [0.1, 0.15) is 17.1 Å². The van der Waals surface area contributed by atoms with Gasteiger partial charge in [-0.3, -0.25) is 9.59 Å². The SMILES string of the molecule is COc1ccc(-c2oc3cc(OC(C)=O)ccc3c(=O)c2OC)cc1. The second-order valence-electron chi connectivity index (χ2n) is 5.27. The molecule has 0 fully saturated rings. The van der Waals surface area contributed by atoms with Crippen molar-refractivity contribution in [3.63, 3.8) is 0 Å². The average Bonchev–Trinajstić information content (AvgIpc) is 2.61. The van der Waals surface area contributed by atoms with Gasteiger partial charge in [0.25, 0.3) is 0 Å². The van der Waals surface area contributed by atoms with E-state index in [1.54, 1.807) is 37.4 Å². The van der Waals surface area contributed by atoms with Gasteiger partial charge in [0, 0.05) is 18.6 Å². The van der Waals surface area contributed by atoms with E-state index in [-0.39, 0.29) is 11.2 Å². The molecule has 0 aliphatic rings. The zero-order chi connectivity index (χ0) is 18.0. The van der Waals surface area contributed by atoms with E-state index >= 15 is 0 Å². The summed E-state index contributed by atoms with van der Waals surface area (Å²) < 4.78 is 21.3. The maximum Gasteiger partial charge on any atom is 0.308 e. The van der Waals surface area contributed by atoms with Crippen molar-refractivity contribution in [2.24, 2.45) is 0 Å². The normalized spacial score (nSPS) is 10.5. The van der Waals surface area contributed by atoms with Crippen LogP contribution in [-0.4, -0.2) is 20.2 Å². The molecule has 0 spiro atoms. The minimum absolute atomic E-state index is 0.109. The molecule has 0 bridgehead atoms. The van der Waals surface area contributed by atoms with Crippen LogP contribution in [0.2, 0.25) is 0 Å². The van der Waals surface area contributed by atoms with Crippen molar-refractivity contribution < 1.29 is 23.4 Å². The van der Waals surface area contributed by atoms with Crippen LogP contribution in [0.3, 0.4) is 0 Å². The monoisotopic (exact) mass is 340 g/mol. The van der Waals surface area contributed by atoms with Gasteiger partial charge in [-0.15, -0.1) is 0 Å². The molecular formula is C19H16O6. The number of benzene rings is 2. The number of ether oxygens (including phenoxy) is 3. The fourth-order valence-electron chi connectivity index (χ4n) is 2.50. The molecule has 0 saturated heterocycles. The van der Waals surface area contributed by atoms with Gasteiger partial charge in [-0.25, -0.2) is 0 Å². The Kier molecular flexibility index (Phi) is 4.43. The topological polar surface area (TPSA) is 75.0 Å². The zero-order valence-electron chi connectivity index (χ0n) is 14.0. The molecular weight excluding hydrogens is 324 g/mol. The van der Waals surface area contributed by atoms with Crippen LogP contribution in [0, 0.1) is 0 Å². The highest BCUT2D eigenvalue weighted by Crippen LogP contribution is 2.32. The molecule has 0 N–H and O–H groups in total. The lowest BCUT2D eigenvalue weighted by atomic mass is 10.1. The van der Waals surface area contributed by atoms with Gasteiger partial charge >= 0.3 is 5.97 Å². The lowest BCUT2D eigenvalue weighted by Gasteiger charge is -2.10. The Labute approximate surface area is 143 Å². The number of carbonyl (C=O) groups excluding carboxylic acids is 1. The largest absolute Gasteiger partial charge is 0.497 e. The second kappa shape index (κ2) is 6.68. The number of carbonyl (C=O) groups is 1. The van der Waals surface area contributed by atoms with Crippen molar-refractivity contribution in [1.82, 2.24) is 0 Å². The standard InChI is InChI=1S/C19H16O6/c1-11(20)24-14-8-9-15-16(10-14)25-18(19(23-3)17(15)21)12-4-6-13(22-2)7-5-12/h4-10H,1-3H3. The Bertz CT molecular complexity index is 985. The molecule has 0 radical (unpaired) electrons. The summed E-state index contributed by atoms with van der Waals surface area (Å²) in [5.41, 5.74) is 0.661. The minimum Gasteiger partial charge on any atom is -0.497 e. The molecule has 3 rings (SSSR count). The average molecular weight is 340 g/mol. The molecule has 3 aromatic rings. The summed E-state index contributed by atoms with van der Waals surface area (Å²) in [4.78, 5) is 23.8. The van der Waals surface area contributed by atoms with Crippen LogP contribution < -0.4 is 19.6 Å². The molecule has 6 heteroatoms. The van der Waals surface area contributed by atoms with Gasteiger partial charge in [0.2, 0.25) is 11.2 Å². The van der Waals surface area contributed by atoms with Crippen LogP contribution in [0.4, 0.5) is 0 Å². The van der Waals surface area contributed by atoms with E-state index in [0.717, 1.165) is 0 Å². The Hall–Kier alpha value is -3.28. The fraction of sp³-hybridized carbons (Fsp3) is 0.158. The van der Waals surface area contributed by atoms with Crippen LogP contribution in [0.1, 0.15) is 6.92 Å². The fourth-order valence-corrected chi connectivity index (χ4v) is 2.50. The van der Waals surface area contributed by atoms with E-state index in [2.05, 4.69) is 0 Å². The predicted octanol–water partition coefficient (Wildman–Crippen LogP) is 3.40. The summed E-state index contributed by atoms with van der Waals surface area (Å²) in [6.07, 6.45) is 0. The lowest BCUT2D eigenvalue weighted by Crippen LogP contribution is -2.08.